The molecule has 0 aliphatic heterocycles. The third-order valence-electron chi connectivity index (χ3n) is 14.4. The molecule has 0 fully saturated rings. The Morgan fingerprint density at radius 3 is 0.977 bits per heavy atom. The molecule has 0 aromatic heterocycles. The number of ether oxygens (including phenoxy) is 3. The first-order valence-corrected chi connectivity index (χ1v) is 37.2. The average molecular weight is 1270 g/mol. The van der Waals surface area contributed by atoms with Crippen LogP contribution in [-0.4, -0.2) is 95.9 Å². The van der Waals surface area contributed by atoms with Crippen molar-refractivity contribution in [1.29, 1.82) is 0 Å². The lowest BCUT2D eigenvalue weighted by Crippen LogP contribution is -2.30. The maximum Gasteiger partial charge on any atom is 0.472 e. The van der Waals surface area contributed by atoms with Gasteiger partial charge < -0.3 is 34.2 Å². The molecule has 506 valence electrons. The molecular formula is C69H124O16P2. The van der Waals surface area contributed by atoms with Gasteiger partial charge in [-0.25, -0.2) is 9.13 Å². The summed E-state index contributed by atoms with van der Waals surface area (Å²) >= 11 is 0. The summed E-state index contributed by atoms with van der Waals surface area (Å²) in [5.74, 6) is -1.59. The van der Waals surface area contributed by atoms with E-state index in [2.05, 4.69) is 93.7 Å². The second-order valence-corrected chi connectivity index (χ2v) is 25.9. The van der Waals surface area contributed by atoms with Gasteiger partial charge in [-0.1, -0.05) is 254 Å². The predicted molar refractivity (Wildman–Crippen MR) is 353 cm³/mol. The number of hydrogen-bond donors (Lipinski definition) is 4. The second-order valence-electron chi connectivity index (χ2n) is 23.0. The Labute approximate surface area is 528 Å². The van der Waals surface area contributed by atoms with E-state index in [1.54, 1.807) is 0 Å². The molecule has 0 aromatic rings. The molecule has 0 radical (unpaired) electrons. The largest absolute Gasteiger partial charge is 0.472 e. The Balaban J connectivity index is 4.56. The number of aliphatic hydroxyl groups excluding tert-OH is 2. The van der Waals surface area contributed by atoms with Crippen molar-refractivity contribution in [2.45, 2.75) is 309 Å². The number of rotatable bonds is 65. The summed E-state index contributed by atoms with van der Waals surface area (Å²) in [6, 6.07) is 0. The van der Waals surface area contributed by atoms with Crippen LogP contribution < -0.4 is 0 Å². The highest BCUT2D eigenvalue weighted by Crippen LogP contribution is 2.45. The lowest BCUT2D eigenvalue weighted by atomic mass is 10.0. The molecule has 4 N–H and O–H groups in total. The highest BCUT2D eigenvalue weighted by atomic mass is 31.2. The van der Waals surface area contributed by atoms with Crippen LogP contribution in [0.5, 0.6) is 0 Å². The number of unbranched alkanes of at least 4 members (excludes halogenated alkanes) is 30. The van der Waals surface area contributed by atoms with Gasteiger partial charge in [0.25, 0.3) is 0 Å². The van der Waals surface area contributed by atoms with Crippen molar-refractivity contribution in [3.05, 3.63) is 72.9 Å². The van der Waals surface area contributed by atoms with Crippen LogP contribution in [-0.2, 0) is 55.8 Å². The Morgan fingerprint density at radius 1 is 0.322 bits per heavy atom. The number of aliphatic hydroxyl groups is 2. The first-order chi connectivity index (χ1) is 42.2. The minimum Gasteiger partial charge on any atom is -0.463 e. The molecule has 18 heteroatoms. The molecule has 0 rings (SSSR count). The molecule has 0 aromatic carbocycles. The van der Waals surface area contributed by atoms with E-state index in [0.717, 1.165) is 135 Å². The third-order valence-corrected chi connectivity index (χ3v) is 16.3. The van der Waals surface area contributed by atoms with Crippen molar-refractivity contribution < 1.29 is 75.8 Å². The SMILES string of the molecule is CCC/C=C\C/C=C\CCCCCCCC(=O)OC(COC(=O)CCCCCCCCCCCCCCCCC)COP(=O)(O)OCC(O)COP(=O)(O)OCC(O)COC(=O)CCCCCCCCC/C=C\C/C=C\C/C=C\C/C=C\CCCCC. The monoisotopic (exact) mass is 1270 g/mol. The molecule has 0 heterocycles. The average Bonchev–Trinajstić information content (AvgIpc) is 3.52. The van der Waals surface area contributed by atoms with Gasteiger partial charge in [0.1, 0.15) is 25.4 Å². The number of allylic oxidation sites excluding steroid dienone is 12. The highest BCUT2D eigenvalue weighted by Gasteiger charge is 2.29. The molecule has 0 bridgehead atoms. The molecule has 0 amide bonds. The fraction of sp³-hybridized carbons (Fsp3) is 0.783. The van der Waals surface area contributed by atoms with Crippen LogP contribution in [0.4, 0.5) is 0 Å². The predicted octanol–water partition coefficient (Wildman–Crippen LogP) is 18.8. The van der Waals surface area contributed by atoms with Crippen LogP contribution >= 0.6 is 15.6 Å². The summed E-state index contributed by atoms with van der Waals surface area (Å²) in [6.45, 7) is 2.57. The van der Waals surface area contributed by atoms with Gasteiger partial charge in [-0.15, -0.1) is 0 Å². The first-order valence-electron chi connectivity index (χ1n) is 34.2. The van der Waals surface area contributed by atoms with E-state index in [-0.39, 0.29) is 19.3 Å². The molecule has 87 heavy (non-hydrogen) atoms. The summed E-state index contributed by atoms with van der Waals surface area (Å²) in [7, 11) is -9.77. The standard InChI is InChI=1S/C69H124O16P2/c1-4-7-10-13-16-19-22-25-27-28-29-30-31-32-33-34-36-39-40-43-46-49-52-55-67(72)79-58-64(70)59-81-86(75,76)82-60-65(71)61-83-87(77,78)84-63-66(85-69(74)57-54-51-48-45-42-37-24-21-18-15-12-9-6-3)62-80-68(73)56-53-50-47-44-41-38-35-26-23-20-17-14-11-8-5-2/h12,15-16,19,21,24-25,27,29-30,32-33,64-66,70-71H,4-11,13-14,17-18,20,22-23,26,28,31,34-63H2,1-3H3,(H,75,76)(H,77,78)/b15-12-,19-16-,24-21-,27-25-,30-29-,33-32-. The molecule has 0 saturated carbocycles. The van der Waals surface area contributed by atoms with Gasteiger partial charge in [0.05, 0.1) is 26.4 Å². The normalized spacial score (nSPS) is 14.7. The van der Waals surface area contributed by atoms with Gasteiger partial charge in [-0.05, 0) is 89.9 Å². The van der Waals surface area contributed by atoms with Crippen LogP contribution in [0.2, 0.25) is 0 Å². The van der Waals surface area contributed by atoms with E-state index in [9.17, 15) is 43.5 Å². The van der Waals surface area contributed by atoms with E-state index in [4.69, 9.17) is 32.3 Å². The van der Waals surface area contributed by atoms with E-state index in [1.807, 2.05) is 0 Å². The van der Waals surface area contributed by atoms with Crippen molar-refractivity contribution in [2.75, 3.05) is 39.6 Å². The van der Waals surface area contributed by atoms with E-state index < -0.39 is 91.5 Å². The van der Waals surface area contributed by atoms with Crippen molar-refractivity contribution >= 4 is 33.6 Å². The zero-order valence-electron chi connectivity index (χ0n) is 54.7. The molecular weight excluding hydrogens is 1150 g/mol. The van der Waals surface area contributed by atoms with Crippen molar-refractivity contribution in [1.82, 2.24) is 0 Å². The molecule has 0 saturated heterocycles. The van der Waals surface area contributed by atoms with Gasteiger partial charge in [0.2, 0.25) is 0 Å². The second kappa shape index (κ2) is 63.2. The summed E-state index contributed by atoms with van der Waals surface area (Å²) in [5, 5.41) is 20.5. The summed E-state index contributed by atoms with van der Waals surface area (Å²) in [6.07, 6.45) is 65.3. The van der Waals surface area contributed by atoms with Gasteiger partial charge in [-0.3, -0.25) is 32.5 Å². The van der Waals surface area contributed by atoms with Crippen molar-refractivity contribution in [3.8, 4) is 0 Å². The number of esters is 3. The number of carbonyl (C=O) groups is 3. The summed E-state index contributed by atoms with van der Waals surface area (Å²) in [4.78, 5) is 58.3. The van der Waals surface area contributed by atoms with Gasteiger partial charge >= 0.3 is 33.6 Å². The summed E-state index contributed by atoms with van der Waals surface area (Å²) in [5.41, 5.74) is 0. The van der Waals surface area contributed by atoms with Crippen molar-refractivity contribution in [3.63, 3.8) is 0 Å². The van der Waals surface area contributed by atoms with Crippen LogP contribution in [0.25, 0.3) is 0 Å². The molecule has 5 unspecified atom stereocenters. The Morgan fingerprint density at radius 2 is 0.598 bits per heavy atom. The minimum absolute atomic E-state index is 0.0913. The zero-order valence-corrected chi connectivity index (χ0v) is 56.5. The topological polar surface area (TPSA) is 231 Å². The molecule has 0 spiro atoms. The molecule has 16 nitrogen and oxygen atoms in total. The molecule has 0 aliphatic rings. The Kier molecular flexibility index (Phi) is 61.0. The maximum absolute atomic E-state index is 12.9. The number of hydrogen-bond acceptors (Lipinski definition) is 14. The van der Waals surface area contributed by atoms with Crippen LogP contribution in [0.1, 0.15) is 290 Å². The fourth-order valence-corrected chi connectivity index (χ4v) is 10.7. The molecule has 5 atom stereocenters. The van der Waals surface area contributed by atoms with Crippen LogP contribution in [0.3, 0.4) is 0 Å². The minimum atomic E-state index is -4.92. The highest BCUT2D eigenvalue weighted by molar-refractivity contribution is 7.47. The van der Waals surface area contributed by atoms with Crippen LogP contribution in [0, 0.1) is 0 Å². The Bertz CT molecular complexity index is 1880. The fourth-order valence-electron chi connectivity index (χ4n) is 9.12. The van der Waals surface area contributed by atoms with E-state index >= 15 is 0 Å². The van der Waals surface area contributed by atoms with Crippen molar-refractivity contribution in [2.24, 2.45) is 0 Å². The molecule has 0 aliphatic carbocycles. The maximum atomic E-state index is 12.9. The Hall–Kier alpha value is -3.01. The summed E-state index contributed by atoms with van der Waals surface area (Å²) < 4.78 is 60.8. The lowest BCUT2D eigenvalue weighted by molar-refractivity contribution is -0.161. The first kappa shape index (κ1) is 84.0. The number of phosphoric ester groups is 2. The lowest BCUT2D eigenvalue weighted by Gasteiger charge is -2.21. The quantitative estimate of drug-likeness (QED) is 0.0146. The van der Waals surface area contributed by atoms with Gasteiger partial charge in [-0.2, -0.15) is 0 Å². The van der Waals surface area contributed by atoms with Gasteiger partial charge in [0.15, 0.2) is 6.10 Å². The van der Waals surface area contributed by atoms with E-state index in [1.165, 1.54) is 96.3 Å². The smallest absolute Gasteiger partial charge is 0.463 e. The van der Waals surface area contributed by atoms with Crippen LogP contribution in [0.15, 0.2) is 72.9 Å². The van der Waals surface area contributed by atoms with E-state index in [0.29, 0.717) is 19.3 Å². The number of carbonyl (C=O) groups excluding carboxylic acids is 3. The number of phosphoric acid groups is 2. The zero-order chi connectivity index (χ0) is 63.8. The van der Waals surface area contributed by atoms with Gasteiger partial charge in [0, 0.05) is 19.3 Å². The third kappa shape index (κ3) is 64.3.